The van der Waals surface area contributed by atoms with E-state index in [-0.39, 0.29) is 5.78 Å². The summed E-state index contributed by atoms with van der Waals surface area (Å²) >= 11 is 0. The van der Waals surface area contributed by atoms with Crippen molar-refractivity contribution < 1.29 is 19.0 Å². The summed E-state index contributed by atoms with van der Waals surface area (Å²) in [6.07, 6.45) is 4.16. The average Bonchev–Trinajstić information content (AvgIpc) is 2.84. The molecule has 4 nitrogen and oxygen atoms in total. The quantitative estimate of drug-likeness (QED) is 0.637. The number of carbonyl (C=O) groups excluding carboxylic acids is 1. The van der Waals surface area contributed by atoms with Crippen LogP contribution in [0.1, 0.15) is 22.3 Å². The third-order valence-corrected chi connectivity index (χ3v) is 3.55. The molecule has 0 bridgehead atoms. The number of hydrogen-bond donors (Lipinski definition) is 0. The van der Waals surface area contributed by atoms with Gasteiger partial charge in [0.05, 0.1) is 20.3 Å². The number of hydrogen-bond acceptors (Lipinski definition) is 4. The van der Waals surface area contributed by atoms with Crippen molar-refractivity contribution >= 4 is 11.9 Å². The van der Waals surface area contributed by atoms with E-state index in [0.717, 1.165) is 17.7 Å². The largest absolute Gasteiger partial charge is 0.497 e. The molecule has 1 heterocycles. The normalized spacial score (nSPS) is 13.6. The Morgan fingerprint density at radius 3 is 2.74 bits per heavy atom. The Labute approximate surface area is 135 Å². The molecule has 1 aliphatic heterocycles. The van der Waals surface area contributed by atoms with Gasteiger partial charge in [0.1, 0.15) is 5.75 Å². The Hall–Kier alpha value is -2.75. The predicted octanol–water partition coefficient (Wildman–Crippen LogP) is 3.75. The average molecular weight is 310 g/mol. The first-order chi connectivity index (χ1) is 11.3. The van der Waals surface area contributed by atoms with Crippen molar-refractivity contribution in [1.29, 1.82) is 0 Å². The molecule has 0 aromatic heterocycles. The number of fused-ring (bicyclic) bond motifs is 1. The van der Waals surface area contributed by atoms with Crippen LogP contribution < -0.4 is 14.2 Å². The van der Waals surface area contributed by atoms with Gasteiger partial charge in [0.15, 0.2) is 17.3 Å². The Kier molecular flexibility index (Phi) is 4.62. The number of carbonyl (C=O) groups is 1. The monoisotopic (exact) mass is 310 g/mol. The summed E-state index contributed by atoms with van der Waals surface area (Å²) < 4.78 is 16.4. The zero-order valence-electron chi connectivity index (χ0n) is 13.0. The standard InChI is InChI=1S/C19H18O4/c1-21-16-5-2-4-14(12-16)6-8-17(20)15-7-9-18-19(13-15)23-11-3-10-22-18/h2,4-9,12-13H,3,10-11H2,1H3/b8-6+. The number of allylic oxidation sites excluding steroid dienone is 1. The van der Waals surface area contributed by atoms with E-state index in [1.807, 2.05) is 24.3 Å². The molecular formula is C19H18O4. The summed E-state index contributed by atoms with van der Waals surface area (Å²) in [5.41, 5.74) is 1.49. The molecule has 0 amide bonds. The number of benzene rings is 2. The van der Waals surface area contributed by atoms with Crippen LogP contribution in [-0.2, 0) is 0 Å². The van der Waals surface area contributed by atoms with Crippen LogP contribution in [0.15, 0.2) is 48.5 Å². The molecule has 0 unspecified atom stereocenters. The van der Waals surface area contributed by atoms with Crippen molar-refractivity contribution in [3.63, 3.8) is 0 Å². The van der Waals surface area contributed by atoms with Crippen molar-refractivity contribution in [2.24, 2.45) is 0 Å². The SMILES string of the molecule is COc1cccc(/C=C/C(=O)c2ccc3c(c2)OCCCO3)c1. The smallest absolute Gasteiger partial charge is 0.185 e. The zero-order valence-corrected chi connectivity index (χ0v) is 13.0. The minimum atomic E-state index is -0.0801. The van der Waals surface area contributed by atoms with Crippen LogP contribution in [0.3, 0.4) is 0 Å². The molecule has 0 saturated carbocycles. The molecule has 2 aromatic carbocycles. The zero-order chi connectivity index (χ0) is 16.1. The van der Waals surface area contributed by atoms with E-state index in [0.29, 0.717) is 30.3 Å². The lowest BCUT2D eigenvalue weighted by atomic mass is 10.1. The van der Waals surface area contributed by atoms with Crippen LogP contribution in [0.4, 0.5) is 0 Å². The first kappa shape index (κ1) is 15.2. The number of ketones is 1. The van der Waals surface area contributed by atoms with Crippen LogP contribution >= 0.6 is 0 Å². The third-order valence-electron chi connectivity index (χ3n) is 3.55. The predicted molar refractivity (Wildman–Crippen MR) is 88.4 cm³/mol. The van der Waals surface area contributed by atoms with E-state index in [2.05, 4.69) is 0 Å². The fourth-order valence-electron chi connectivity index (χ4n) is 2.33. The molecule has 0 radical (unpaired) electrons. The lowest BCUT2D eigenvalue weighted by Crippen LogP contribution is -1.98. The highest BCUT2D eigenvalue weighted by molar-refractivity contribution is 6.07. The molecule has 0 atom stereocenters. The lowest BCUT2D eigenvalue weighted by Gasteiger charge is -2.07. The van der Waals surface area contributed by atoms with E-state index in [9.17, 15) is 4.79 Å². The lowest BCUT2D eigenvalue weighted by molar-refractivity contribution is 0.104. The van der Waals surface area contributed by atoms with E-state index in [1.54, 1.807) is 37.5 Å². The van der Waals surface area contributed by atoms with Gasteiger partial charge in [-0.3, -0.25) is 4.79 Å². The molecule has 1 aliphatic rings. The number of ether oxygens (including phenoxy) is 3. The third kappa shape index (κ3) is 3.72. The van der Waals surface area contributed by atoms with Gasteiger partial charge in [0.25, 0.3) is 0 Å². The highest BCUT2D eigenvalue weighted by Crippen LogP contribution is 2.30. The van der Waals surface area contributed by atoms with Crippen molar-refractivity contribution in [3.8, 4) is 17.2 Å². The highest BCUT2D eigenvalue weighted by Gasteiger charge is 2.12. The van der Waals surface area contributed by atoms with Gasteiger partial charge in [-0.25, -0.2) is 0 Å². The Morgan fingerprint density at radius 1 is 1.09 bits per heavy atom. The molecule has 0 aliphatic carbocycles. The summed E-state index contributed by atoms with van der Waals surface area (Å²) in [6, 6.07) is 12.8. The fourth-order valence-corrected chi connectivity index (χ4v) is 2.33. The van der Waals surface area contributed by atoms with Gasteiger partial charge < -0.3 is 14.2 Å². The summed E-state index contributed by atoms with van der Waals surface area (Å²) in [7, 11) is 1.62. The van der Waals surface area contributed by atoms with E-state index in [1.165, 1.54) is 0 Å². The molecule has 2 aromatic rings. The van der Waals surface area contributed by atoms with E-state index in [4.69, 9.17) is 14.2 Å². The second-order valence-corrected chi connectivity index (χ2v) is 5.19. The molecule has 118 valence electrons. The molecule has 0 fully saturated rings. The maximum Gasteiger partial charge on any atom is 0.185 e. The van der Waals surface area contributed by atoms with Crippen LogP contribution in [-0.4, -0.2) is 26.1 Å². The molecule has 23 heavy (non-hydrogen) atoms. The Bertz CT molecular complexity index is 734. The van der Waals surface area contributed by atoms with Crippen molar-refractivity contribution in [2.75, 3.05) is 20.3 Å². The summed E-state index contributed by atoms with van der Waals surface area (Å²) in [5, 5.41) is 0. The Balaban J connectivity index is 1.77. The van der Waals surface area contributed by atoms with Gasteiger partial charge >= 0.3 is 0 Å². The van der Waals surface area contributed by atoms with Crippen LogP contribution in [0.25, 0.3) is 6.08 Å². The van der Waals surface area contributed by atoms with Crippen LogP contribution in [0, 0.1) is 0 Å². The first-order valence-corrected chi connectivity index (χ1v) is 7.52. The summed E-state index contributed by atoms with van der Waals surface area (Å²) in [6.45, 7) is 1.24. The number of methoxy groups -OCH3 is 1. The maximum absolute atomic E-state index is 12.3. The van der Waals surface area contributed by atoms with Gasteiger partial charge in [-0.15, -0.1) is 0 Å². The minimum absolute atomic E-state index is 0.0801. The van der Waals surface area contributed by atoms with Gasteiger partial charge in [-0.05, 0) is 42.0 Å². The molecule has 3 rings (SSSR count). The first-order valence-electron chi connectivity index (χ1n) is 7.52. The molecule has 0 saturated heterocycles. The molecule has 4 heteroatoms. The van der Waals surface area contributed by atoms with Crippen molar-refractivity contribution in [1.82, 2.24) is 0 Å². The van der Waals surface area contributed by atoms with Crippen LogP contribution in [0.5, 0.6) is 17.2 Å². The molecule has 0 spiro atoms. The number of rotatable bonds is 4. The minimum Gasteiger partial charge on any atom is -0.497 e. The topological polar surface area (TPSA) is 44.8 Å². The Morgan fingerprint density at radius 2 is 1.91 bits per heavy atom. The maximum atomic E-state index is 12.3. The van der Waals surface area contributed by atoms with Crippen molar-refractivity contribution in [2.45, 2.75) is 6.42 Å². The fraction of sp³-hybridized carbons (Fsp3) is 0.211. The molecular weight excluding hydrogens is 292 g/mol. The van der Waals surface area contributed by atoms with E-state index >= 15 is 0 Å². The summed E-state index contributed by atoms with van der Waals surface area (Å²) in [5.74, 6) is 2.00. The summed E-state index contributed by atoms with van der Waals surface area (Å²) in [4.78, 5) is 12.3. The molecule has 0 N–H and O–H groups in total. The highest BCUT2D eigenvalue weighted by atomic mass is 16.5. The van der Waals surface area contributed by atoms with Gasteiger partial charge in [0.2, 0.25) is 0 Å². The second kappa shape index (κ2) is 7.01. The van der Waals surface area contributed by atoms with Crippen LogP contribution in [0.2, 0.25) is 0 Å². The van der Waals surface area contributed by atoms with Gasteiger partial charge in [-0.2, -0.15) is 0 Å². The van der Waals surface area contributed by atoms with Gasteiger partial charge in [-0.1, -0.05) is 18.2 Å². The van der Waals surface area contributed by atoms with Crippen molar-refractivity contribution in [3.05, 3.63) is 59.7 Å². The second-order valence-electron chi connectivity index (χ2n) is 5.19. The van der Waals surface area contributed by atoms with Gasteiger partial charge in [0, 0.05) is 12.0 Å². The van der Waals surface area contributed by atoms with E-state index < -0.39 is 0 Å².